The summed E-state index contributed by atoms with van der Waals surface area (Å²) in [7, 11) is -1.83. The summed E-state index contributed by atoms with van der Waals surface area (Å²) in [6.07, 6.45) is 2.37. The Morgan fingerprint density at radius 2 is 2.14 bits per heavy atom. The van der Waals surface area contributed by atoms with Gasteiger partial charge < -0.3 is 9.88 Å². The third-order valence-electron chi connectivity index (χ3n) is 1.58. The molecule has 1 aromatic heterocycles. The van der Waals surface area contributed by atoms with Gasteiger partial charge in [-0.3, -0.25) is 4.79 Å². The van der Waals surface area contributed by atoms with Crippen LogP contribution in [0.2, 0.25) is 0 Å². The highest BCUT2D eigenvalue weighted by atomic mass is 32.2. The monoisotopic (exact) mass is 217 g/mol. The van der Waals surface area contributed by atoms with Crippen molar-refractivity contribution in [2.45, 2.75) is 12.1 Å². The number of amides is 1. The van der Waals surface area contributed by atoms with Gasteiger partial charge in [0.15, 0.2) is 0 Å². The van der Waals surface area contributed by atoms with E-state index in [1.54, 1.807) is 0 Å². The number of imidazole rings is 1. The molecule has 1 heterocycles. The SMILES string of the molecule is CC(=O)Nc1cnc(S(C)(=O)=O)n1C. The molecule has 6 nitrogen and oxygen atoms in total. The lowest BCUT2D eigenvalue weighted by atomic mass is 10.6. The van der Waals surface area contributed by atoms with Gasteiger partial charge in [0.1, 0.15) is 5.82 Å². The first-order valence-corrected chi connectivity index (χ1v) is 5.71. The molecular weight excluding hydrogens is 206 g/mol. The highest BCUT2D eigenvalue weighted by Crippen LogP contribution is 2.12. The van der Waals surface area contributed by atoms with Crippen LogP contribution in [0.3, 0.4) is 0 Å². The lowest BCUT2D eigenvalue weighted by Crippen LogP contribution is -2.12. The fraction of sp³-hybridized carbons (Fsp3) is 0.429. The summed E-state index contributed by atoms with van der Waals surface area (Å²) in [4.78, 5) is 14.4. The van der Waals surface area contributed by atoms with Crippen molar-refractivity contribution in [3.63, 3.8) is 0 Å². The molecule has 0 aliphatic rings. The Kier molecular flexibility index (Phi) is 2.61. The summed E-state index contributed by atoms with van der Waals surface area (Å²) in [6.45, 7) is 1.34. The number of anilines is 1. The minimum Gasteiger partial charge on any atom is -0.311 e. The molecule has 0 saturated heterocycles. The predicted molar refractivity (Wildman–Crippen MR) is 50.6 cm³/mol. The maximum absolute atomic E-state index is 11.2. The second-order valence-electron chi connectivity index (χ2n) is 2.94. The van der Waals surface area contributed by atoms with Crippen LogP contribution in [0.15, 0.2) is 11.4 Å². The predicted octanol–water partition coefficient (Wildman–Crippen LogP) is -0.218. The van der Waals surface area contributed by atoms with E-state index in [2.05, 4.69) is 10.3 Å². The summed E-state index contributed by atoms with van der Waals surface area (Å²) in [5.41, 5.74) is 0. The molecule has 0 bridgehead atoms. The van der Waals surface area contributed by atoms with Crippen molar-refractivity contribution in [2.75, 3.05) is 11.6 Å². The maximum atomic E-state index is 11.2. The number of hydrogen-bond donors (Lipinski definition) is 1. The number of nitrogens with zero attached hydrogens (tertiary/aromatic N) is 2. The Balaban J connectivity index is 3.16. The van der Waals surface area contributed by atoms with Crippen molar-refractivity contribution in [3.05, 3.63) is 6.20 Å². The zero-order valence-electron chi connectivity index (χ0n) is 8.10. The van der Waals surface area contributed by atoms with Crippen molar-refractivity contribution >= 4 is 21.6 Å². The smallest absolute Gasteiger partial charge is 0.228 e. The second-order valence-corrected chi connectivity index (χ2v) is 4.85. The first-order valence-electron chi connectivity index (χ1n) is 3.81. The van der Waals surface area contributed by atoms with Crippen LogP contribution in [0.25, 0.3) is 0 Å². The lowest BCUT2D eigenvalue weighted by Gasteiger charge is -2.03. The van der Waals surface area contributed by atoms with Crippen LogP contribution in [-0.4, -0.2) is 30.1 Å². The molecule has 0 aromatic carbocycles. The quantitative estimate of drug-likeness (QED) is 0.742. The van der Waals surface area contributed by atoms with E-state index in [1.165, 1.54) is 24.7 Å². The third kappa shape index (κ3) is 2.11. The Bertz CT molecular complexity index is 461. The van der Waals surface area contributed by atoms with Crippen LogP contribution in [0, 0.1) is 0 Å². The van der Waals surface area contributed by atoms with Gasteiger partial charge in [0.25, 0.3) is 0 Å². The van der Waals surface area contributed by atoms with Gasteiger partial charge in [-0.15, -0.1) is 0 Å². The van der Waals surface area contributed by atoms with Crippen LogP contribution < -0.4 is 5.32 Å². The van der Waals surface area contributed by atoms with E-state index in [0.29, 0.717) is 5.82 Å². The van der Waals surface area contributed by atoms with Gasteiger partial charge in [-0.05, 0) is 0 Å². The average molecular weight is 217 g/mol. The number of aromatic nitrogens is 2. The van der Waals surface area contributed by atoms with E-state index in [-0.39, 0.29) is 11.1 Å². The fourth-order valence-corrected chi connectivity index (χ4v) is 1.87. The first-order chi connectivity index (χ1) is 6.32. The van der Waals surface area contributed by atoms with Crippen LogP contribution in [-0.2, 0) is 21.7 Å². The molecule has 1 N–H and O–H groups in total. The standard InChI is InChI=1S/C7H11N3O3S/c1-5(11)9-6-4-8-7(10(6)2)14(3,12)13/h4H,1-3H3,(H,9,11). The van der Waals surface area contributed by atoms with Crippen molar-refractivity contribution in [3.8, 4) is 0 Å². The van der Waals surface area contributed by atoms with E-state index < -0.39 is 9.84 Å². The molecule has 1 aromatic rings. The summed E-state index contributed by atoms with van der Waals surface area (Å²) in [5.74, 6) is 0.0889. The molecule has 14 heavy (non-hydrogen) atoms. The minimum atomic E-state index is -3.35. The molecule has 0 radical (unpaired) electrons. The number of carbonyl (C=O) groups excluding carboxylic acids is 1. The van der Waals surface area contributed by atoms with Gasteiger partial charge in [0.05, 0.1) is 6.20 Å². The minimum absolute atomic E-state index is 0.0683. The van der Waals surface area contributed by atoms with E-state index >= 15 is 0 Å². The Morgan fingerprint density at radius 1 is 1.57 bits per heavy atom. The van der Waals surface area contributed by atoms with Gasteiger partial charge in [-0.25, -0.2) is 13.4 Å². The van der Waals surface area contributed by atoms with Crippen molar-refractivity contribution in [1.29, 1.82) is 0 Å². The molecule has 7 heteroatoms. The normalized spacial score (nSPS) is 11.4. The fourth-order valence-electron chi connectivity index (χ4n) is 1.03. The first kappa shape index (κ1) is 10.7. The molecule has 1 rings (SSSR count). The van der Waals surface area contributed by atoms with E-state index in [0.717, 1.165) is 6.26 Å². The Hall–Kier alpha value is -1.37. The Labute approximate surface area is 81.9 Å². The number of carbonyl (C=O) groups is 1. The number of hydrogen-bond acceptors (Lipinski definition) is 4. The summed E-state index contributed by atoms with van der Waals surface area (Å²) < 4.78 is 23.6. The van der Waals surface area contributed by atoms with Gasteiger partial charge in [0.2, 0.25) is 20.9 Å². The van der Waals surface area contributed by atoms with E-state index in [9.17, 15) is 13.2 Å². The maximum Gasteiger partial charge on any atom is 0.228 e. The van der Waals surface area contributed by atoms with Crippen LogP contribution >= 0.6 is 0 Å². The highest BCUT2D eigenvalue weighted by molar-refractivity contribution is 7.90. The van der Waals surface area contributed by atoms with E-state index in [4.69, 9.17) is 0 Å². The molecular formula is C7H11N3O3S. The molecule has 0 aliphatic carbocycles. The van der Waals surface area contributed by atoms with Crippen molar-refractivity contribution < 1.29 is 13.2 Å². The Morgan fingerprint density at radius 3 is 2.50 bits per heavy atom. The zero-order chi connectivity index (χ0) is 10.9. The zero-order valence-corrected chi connectivity index (χ0v) is 8.92. The summed E-state index contributed by atoms with van der Waals surface area (Å²) >= 11 is 0. The van der Waals surface area contributed by atoms with Gasteiger partial charge >= 0.3 is 0 Å². The van der Waals surface area contributed by atoms with Gasteiger partial charge in [-0.1, -0.05) is 0 Å². The lowest BCUT2D eigenvalue weighted by molar-refractivity contribution is -0.114. The van der Waals surface area contributed by atoms with Crippen LogP contribution in [0.1, 0.15) is 6.92 Å². The molecule has 78 valence electrons. The molecule has 0 unspecified atom stereocenters. The molecule has 0 spiro atoms. The van der Waals surface area contributed by atoms with Gasteiger partial charge in [0, 0.05) is 20.2 Å². The van der Waals surface area contributed by atoms with Crippen LogP contribution in [0.4, 0.5) is 5.82 Å². The van der Waals surface area contributed by atoms with Crippen molar-refractivity contribution in [1.82, 2.24) is 9.55 Å². The molecule has 0 aliphatic heterocycles. The summed E-state index contributed by atoms with van der Waals surface area (Å²) in [5, 5.41) is 2.39. The summed E-state index contributed by atoms with van der Waals surface area (Å²) in [6, 6.07) is 0. The third-order valence-corrected chi connectivity index (χ3v) is 2.62. The van der Waals surface area contributed by atoms with E-state index in [1.807, 2.05) is 0 Å². The number of sulfone groups is 1. The molecule has 0 fully saturated rings. The highest BCUT2D eigenvalue weighted by Gasteiger charge is 2.16. The van der Waals surface area contributed by atoms with Gasteiger partial charge in [-0.2, -0.15) is 0 Å². The molecule has 1 amide bonds. The number of rotatable bonds is 2. The van der Waals surface area contributed by atoms with Crippen molar-refractivity contribution in [2.24, 2.45) is 7.05 Å². The van der Waals surface area contributed by atoms with Crippen LogP contribution in [0.5, 0.6) is 0 Å². The largest absolute Gasteiger partial charge is 0.311 e. The number of nitrogens with one attached hydrogen (secondary N) is 1. The topological polar surface area (TPSA) is 81.1 Å². The average Bonchev–Trinajstić information content (AvgIpc) is 2.30. The second kappa shape index (κ2) is 3.41. The molecule has 0 atom stereocenters. The molecule has 0 saturated carbocycles.